The molecule has 0 aliphatic heterocycles. The van der Waals surface area contributed by atoms with E-state index in [4.69, 9.17) is 4.99 Å². The zero-order chi connectivity index (χ0) is 14.9. The van der Waals surface area contributed by atoms with E-state index in [1.807, 2.05) is 0 Å². The Bertz CT molecular complexity index is 457. The lowest BCUT2D eigenvalue weighted by atomic mass is 9.98. The zero-order valence-electron chi connectivity index (χ0n) is 13.2. The van der Waals surface area contributed by atoms with Crippen LogP contribution >= 0.6 is 0 Å². The molecule has 2 N–H and O–H groups in total. The number of hydrogen-bond donors (Lipinski definition) is 2. The topological polar surface area (TPSA) is 36.4 Å². The lowest BCUT2D eigenvalue weighted by molar-refractivity contribution is 0.627. The quantitative estimate of drug-likeness (QED) is 0.477. The lowest BCUT2D eigenvalue weighted by Gasteiger charge is -2.17. The Balaban J connectivity index is 1.81. The summed E-state index contributed by atoms with van der Waals surface area (Å²) in [7, 11) is 0. The Morgan fingerprint density at radius 1 is 1.24 bits per heavy atom. The molecular weight excluding hydrogens is 258 g/mol. The fourth-order valence-corrected chi connectivity index (χ4v) is 2.57. The maximum Gasteiger partial charge on any atom is 0.191 e. The van der Waals surface area contributed by atoms with Gasteiger partial charge in [0.1, 0.15) is 0 Å². The van der Waals surface area contributed by atoms with E-state index in [9.17, 15) is 0 Å². The lowest BCUT2D eigenvalue weighted by Crippen LogP contribution is -2.42. The third kappa shape index (κ3) is 5.25. The van der Waals surface area contributed by atoms with Crippen molar-refractivity contribution >= 4 is 5.96 Å². The summed E-state index contributed by atoms with van der Waals surface area (Å²) in [6.07, 6.45) is 7.75. The fraction of sp³-hybridized carbons (Fsp3) is 0.500. The molecule has 21 heavy (non-hydrogen) atoms. The van der Waals surface area contributed by atoms with Crippen LogP contribution in [0.15, 0.2) is 47.5 Å². The van der Waals surface area contributed by atoms with Crippen LogP contribution in [0, 0.1) is 0 Å². The number of benzene rings is 1. The fourth-order valence-electron chi connectivity index (χ4n) is 2.57. The maximum absolute atomic E-state index is 4.71. The van der Waals surface area contributed by atoms with Crippen LogP contribution < -0.4 is 10.6 Å². The number of nitrogens with one attached hydrogen (secondary N) is 2. The van der Waals surface area contributed by atoms with Crippen LogP contribution in [0.25, 0.3) is 0 Å². The van der Waals surface area contributed by atoms with Crippen molar-refractivity contribution in [1.29, 1.82) is 0 Å². The molecule has 1 atom stereocenters. The van der Waals surface area contributed by atoms with Gasteiger partial charge < -0.3 is 10.6 Å². The highest BCUT2D eigenvalue weighted by Gasteiger charge is 2.11. The van der Waals surface area contributed by atoms with Crippen molar-refractivity contribution in [2.75, 3.05) is 13.1 Å². The molecular formula is C18H27N3. The molecule has 0 amide bonds. The Hall–Kier alpha value is -1.77. The average Bonchev–Trinajstić information content (AvgIpc) is 3.01. The second kappa shape index (κ2) is 8.50. The van der Waals surface area contributed by atoms with Crippen LogP contribution in [0.4, 0.5) is 0 Å². The second-order valence-electron chi connectivity index (χ2n) is 5.65. The monoisotopic (exact) mass is 285 g/mol. The van der Waals surface area contributed by atoms with Gasteiger partial charge in [0.25, 0.3) is 0 Å². The van der Waals surface area contributed by atoms with Crippen molar-refractivity contribution in [3.05, 3.63) is 48.0 Å². The molecule has 1 aromatic rings. The molecule has 0 spiro atoms. The van der Waals surface area contributed by atoms with E-state index in [0.717, 1.165) is 38.3 Å². The van der Waals surface area contributed by atoms with Gasteiger partial charge in [0.05, 0.1) is 0 Å². The van der Waals surface area contributed by atoms with E-state index in [2.05, 4.69) is 67.0 Å². The molecule has 0 heterocycles. The predicted molar refractivity (Wildman–Crippen MR) is 90.8 cm³/mol. The SMILES string of the molecule is CCNC(=NCCC(C)c1ccccc1)NC1CC=CC1. The first kappa shape index (κ1) is 15.6. The number of nitrogens with zero attached hydrogens (tertiary/aromatic N) is 1. The summed E-state index contributed by atoms with van der Waals surface area (Å²) < 4.78 is 0. The van der Waals surface area contributed by atoms with E-state index in [0.29, 0.717) is 12.0 Å². The standard InChI is InChI=1S/C18H27N3/c1-3-19-18(21-17-11-7-8-12-17)20-14-13-15(2)16-9-5-4-6-10-16/h4-10,15,17H,3,11-14H2,1-2H3,(H2,19,20,21). The summed E-state index contributed by atoms with van der Waals surface area (Å²) >= 11 is 0. The van der Waals surface area contributed by atoms with Crippen molar-refractivity contribution in [2.45, 2.75) is 45.1 Å². The highest BCUT2D eigenvalue weighted by molar-refractivity contribution is 5.80. The Morgan fingerprint density at radius 3 is 2.62 bits per heavy atom. The van der Waals surface area contributed by atoms with Gasteiger partial charge in [0.2, 0.25) is 0 Å². The minimum absolute atomic E-state index is 0.509. The van der Waals surface area contributed by atoms with E-state index >= 15 is 0 Å². The Kier molecular flexibility index (Phi) is 6.32. The van der Waals surface area contributed by atoms with Gasteiger partial charge in [-0.25, -0.2) is 0 Å². The molecule has 2 rings (SSSR count). The van der Waals surface area contributed by atoms with Gasteiger partial charge in [-0.15, -0.1) is 0 Å². The summed E-state index contributed by atoms with van der Waals surface area (Å²) in [6.45, 7) is 6.13. The van der Waals surface area contributed by atoms with Crippen molar-refractivity contribution in [1.82, 2.24) is 10.6 Å². The molecule has 1 unspecified atom stereocenters. The third-order valence-electron chi connectivity index (χ3n) is 3.89. The van der Waals surface area contributed by atoms with Crippen molar-refractivity contribution in [2.24, 2.45) is 4.99 Å². The van der Waals surface area contributed by atoms with Crippen molar-refractivity contribution in [3.8, 4) is 0 Å². The molecule has 1 aliphatic rings. The van der Waals surface area contributed by atoms with Crippen LogP contribution in [0.1, 0.15) is 44.6 Å². The van der Waals surface area contributed by atoms with Crippen molar-refractivity contribution in [3.63, 3.8) is 0 Å². The molecule has 0 fully saturated rings. The summed E-state index contributed by atoms with van der Waals surface area (Å²) in [5.74, 6) is 1.50. The Labute approximate surface area is 128 Å². The van der Waals surface area contributed by atoms with E-state index in [1.54, 1.807) is 0 Å². The molecule has 0 radical (unpaired) electrons. The third-order valence-corrected chi connectivity index (χ3v) is 3.89. The maximum atomic E-state index is 4.71. The molecule has 0 saturated heterocycles. The molecule has 0 saturated carbocycles. The highest BCUT2D eigenvalue weighted by atomic mass is 15.2. The molecule has 1 aliphatic carbocycles. The van der Waals surface area contributed by atoms with Crippen LogP contribution in [0.2, 0.25) is 0 Å². The smallest absolute Gasteiger partial charge is 0.191 e. The summed E-state index contributed by atoms with van der Waals surface area (Å²) in [5.41, 5.74) is 1.39. The van der Waals surface area contributed by atoms with Gasteiger partial charge in [-0.1, -0.05) is 49.4 Å². The minimum Gasteiger partial charge on any atom is -0.357 e. The molecule has 0 aromatic heterocycles. The van der Waals surface area contributed by atoms with Gasteiger partial charge in [0, 0.05) is 19.1 Å². The Morgan fingerprint density at radius 2 is 1.95 bits per heavy atom. The van der Waals surface area contributed by atoms with Crippen LogP contribution in [-0.4, -0.2) is 25.1 Å². The second-order valence-corrected chi connectivity index (χ2v) is 5.65. The zero-order valence-corrected chi connectivity index (χ0v) is 13.2. The summed E-state index contributed by atoms with van der Waals surface area (Å²) in [6, 6.07) is 11.2. The van der Waals surface area contributed by atoms with Crippen molar-refractivity contribution < 1.29 is 0 Å². The predicted octanol–water partition coefficient (Wildman–Crippen LogP) is 3.45. The number of rotatable bonds is 6. The van der Waals surface area contributed by atoms with Crippen LogP contribution in [0.3, 0.4) is 0 Å². The number of guanidine groups is 1. The normalized spacial score (nSPS) is 17.0. The molecule has 3 nitrogen and oxygen atoms in total. The van der Waals surface area contributed by atoms with Crippen LogP contribution in [0.5, 0.6) is 0 Å². The molecule has 114 valence electrons. The van der Waals surface area contributed by atoms with Gasteiger partial charge in [-0.05, 0) is 37.7 Å². The van der Waals surface area contributed by atoms with Crippen LogP contribution in [-0.2, 0) is 0 Å². The molecule has 1 aromatic carbocycles. The van der Waals surface area contributed by atoms with Gasteiger partial charge in [-0.3, -0.25) is 4.99 Å². The molecule has 0 bridgehead atoms. The summed E-state index contributed by atoms with van der Waals surface area (Å²) in [5, 5.41) is 6.84. The average molecular weight is 285 g/mol. The largest absolute Gasteiger partial charge is 0.357 e. The number of aliphatic imine (C=N–C) groups is 1. The van der Waals surface area contributed by atoms with E-state index in [1.165, 1.54) is 5.56 Å². The molecule has 3 heteroatoms. The highest BCUT2D eigenvalue weighted by Crippen LogP contribution is 2.18. The minimum atomic E-state index is 0.509. The van der Waals surface area contributed by atoms with Gasteiger partial charge in [-0.2, -0.15) is 0 Å². The first-order valence-corrected chi connectivity index (χ1v) is 8.04. The number of hydrogen-bond acceptors (Lipinski definition) is 1. The first-order chi connectivity index (χ1) is 10.3. The van der Waals surface area contributed by atoms with E-state index in [-0.39, 0.29) is 0 Å². The van der Waals surface area contributed by atoms with E-state index < -0.39 is 0 Å². The first-order valence-electron chi connectivity index (χ1n) is 8.04. The van der Waals surface area contributed by atoms with Gasteiger partial charge >= 0.3 is 0 Å². The summed E-state index contributed by atoms with van der Waals surface area (Å²) in [4.78, 5) is 4.71. The van der Waals surface area contributed by atoms with Gasteiger partial charge in [0.15, 0.2) is 5.96 Å².